The Hall–Kier alpha value is -2.53. The van der Waals surface area contributed by atoms with Crippen LogP contribution in [-0.4, -0.2) is 33.9 Å². The Morgan fingerprint density at radius 3 is 2.82 bits per heavy atom. The van der Waals surface area contributed by atoms with E-state index in [4.69, 9.17) is 0 Å². The second kappa shape index (κ2) is 9.60. The molecule has 1 aromatic heterocycles. The van der Waals surface area contributed by atoms with Crippen LogP contribution in [0.2, 0.25) is 0 Å². The number of nitrogens with zero attached hydrogens (tertiary/aromatic N) is 3. The lowest BCUT2D eigenvalue weighted by Crippen LogP contribution is -2.34. The van der Waals surface area contributed by atoms with Crippen molar-refractivity contribution in [3.05, 3.63) is 34.2 Å². The molecule has 0 spiro atoms. The molecular weight excluding hydrogens is 435 g/mol. The van der Waals surface area contributed by atoms with Crippen molar-refractivity contribution in [3.63, 3.8) is 0 Å². The van der Waals surface area contributed by atoms with Crippen molar-refractivity contribution < 1.29 is 19.0 Å². The van der Waals surface area contributed by atoms with E-state index in [0.717, 1.165) is 12.8 Å². The second-order valence-electron chi connectivity index (χ2n) is 6.47. The summed E-state index contributed by atoms with van der Waals surface area (Å²) in [6, 6.07) is 3.60. The van der Waals surface area contributed by atoms with Gasteiger partial charge in [0.15, 0.2) is 11.5 Å². The van der Waals surface area contributed by atoms with Gasteiger partial charge in [0, 0.05) is 6.54 Å². The predicted octanol–water partition coefficient (Wildman–Crippen LogP) is 3.73. The summed E-state index contributed by atoms with van der Waals surface area (Å²) in [5.41, 5.74) is 2.22. The van der Waals surface area contributed by atoms with Crippen molar-refractivity contribution in [3.8, 4) is 0 Å². The van der Waals surface area contributed by atoms with E-state index < -0.39 is 11.8 Å². The largest absolute Gasteiger partial charge is 0.338 e. The van der Waals surface area contributed by atoms with Crippen LogP contribution in [0, 0.1) is 11.7 Å². The molecule has 1 heterocycles. The molecule has 3 rings (SSSR count). The fraction of sp³-hybridized carbons (Fsp3) is 0.412. The number of carbonyl (C=O) groups is 1. The number of hydroxylamine groups is 1. The summed E-state index contributed by atoms with van der Waals surface area (Å²) in [4.78, 5) is 16.3. The molecule has 150 valence electrons. The number of nitrogens with one attached hydrogen (secondary N) is 3. The van der Waals surface area contributed by atoms with Gasteiger partial charge in [0.05, 0.1) is 10.2 Å². The van der Waals surface area contributed by atoms with Gasteiger partial charge in [0.2, 0.25) is 5.82 Å². The van der Waals surface area contributed by atoms with Gasteiger partial charge in [-0.1, -0.05) is 19.3 Å². The molecule has 0 atom stereocenters. The number of aromatic nitrogens is 2. The molecule has 0 aliphatic heterocycles. The highest BCUT2D eigenvalue weighted by Crippen LogP contribution is 2.24. The lowest BCUT2D eigenvalue weighted by molar-refractivity contribution is 0.234. The zero-order valence-corrected chi connectivity index (χ0v) is 16.5. The SMILES string of the molecule is O=C(NCC1CCCCC1)Nc1nonc1C(=Nc1ccc(F)c(Br)c1)NO. The Bertz CT molecular complexity index is 853. The summed E-state index contributed by atoms with van der Waals surface area (Å²) in [5, 5.41) is 22.0. The molecular formula is C17H20BrFN6O3. The van der Waals surface area contributed by atoms with Crippen molar-refractivity contribution in [2.45, 2.75) is 32.1 Å². The van der Waals surface area contributed by atoms with Gasteiger partial charge in [-0.15, -0.1) is 0 Å². The molecule has 1 aliphatic carbocycles. The molecule has 1 aliphatic rings. The Morgan fingerprint density at radius 2 is 2.11 bits per heavy atom. The number of hydrogen-bond acceptors (Lipinski definition) is 6. The number of carbonyl (C=O) groups excluding carboxylic acids is 1. The Morgan fingerprint density at radius 1 is 1.32 bits per heavy atom. The van der Waals surface area contributed by atoms with E-state index in [1.807, 2.05) is 5.48 Å². The van der Waals surface area contributed by atoms with Crippen LogP contribution < -0.4 is 16.1 Å². The fourth-order valence-electron chi connectivity index (χ4n) is 3.02. The molecule has 0 saturated heterocycles. The summed E-state index contributed by atoms with van der Waals surface area (Å²) in [6.45, 7) is 0.579. The number of hydrogen-bond donors (Lipinski definition) is 4. The monoisotopic (exact) mass is 454 g/mol. The summed E-state index contributed by atoms with van der Waals surface area (Å²) >= 11 is 3.06. The number of amides is 2. The molecule has 4 N–H and O–H groups in total. The second-order valence-corrected chi connectivity index (χ2v) is 7.33. The van der Waals surface area contributed by atoms with Gasteiger partial charge in [-0.25, -0.2) is 18.8 Å². The van der Waals surface area contributed by atoms with Crippen LogP contribution in [0.1, 0.15) is 37.8 Å². The lowest BCUT2D eigenvalue weighted by atomic mass is 9.89. The van der Waals surface area contributed by atoms with E-state index in [9.17, 15) is 14.4 Å². The highest BCUT2D eigenvalue weighted by atomic mass is 79.9. The molecule has 2 aromatic rings. The average Bonchev–Trinajstić information content (AvgIpc) is 3.16. The minimum atomic E-state index is -0.454. The van der Waals surface area contributed by atoms with E-state index >= 15 is 0 Å². The predicted molar refractivity (Wildman–Crippen MR) is 103 cm³/mol. The Labute approximate surface area is 168 Å². The number of rotatable bonds is 5. The maximum atomic E-state index is 13.4. The first kappa shape index (κ1) is 20.2. The van der Waals surface area contributed by atoms with Crippen LogP contribution in [-0.2, 0) is 0 Å². The summed E-state index contributed by atoms with van der Waals surface area (Å²) in [6.07, 6.45) is 5.84. The van der Waals surface area contributed by atoms with Crippen LogP contribution in [0.3, 0.4) is 0 Å². The van der Waals surface area contributed by atoms with Gasteiger partial charge in [0.1, 0.15) is 5.82 Å². The Balaban J connectivity index is 1.67. The molecule has 1 saturated carbocycles. The van der Waals surface area contributed by atoms with Crippen molar-refractivity contribution in [1.29, 1.82) is 0 Å². The molecule has 0 radical (unpaired) electrons. The van der Waals surface area contributed by atoms with Crippen molar-refractivity contribution >= 4 is 39.3 Å². The topological polar surface area (TPSA) is 125 Å². The number of aliphatic imine (C=N–C) groups is 1. The summed E-state index contributed by atoms with van der Waals surface area (Å²) in [7, 11) is 0. The van der Waals surface area contributed by atoms with Crippen LogP contribution in [0.25, 0.3) is 0 Å². The van der Waals surface area contributed by atoms with Gasteiger partial charge in [-0.05, 0) is 63.2 Å². The van der Waals surface area contributed by atoms with Gasteiger partial charge in [-0.3, -0.25) is 16.0 Å². The number of amidine groups is 1. The molecule has 0 bridgehead atoms. The van der Waals surface area contributed by atoms with Gasteiger partial charge in [0.25, 0.3) is 0 Å². The molecule has 28 heavy (non-hydrogen) atoms. The number of halogens is 2. The van der Waals surface area contributed by atoms with Crippen LogP contribution in [0.5, 0.6) is 0 Å². The van der Waals surface area contributed by atoms with Crippen LogP contribution >= 0.6 is 15.9 Å². The minimum absolute atomic E-state index is 0.00392. The molecule has 1 aromatic carbocycles. The van der Waals surface area contributed by atoms with E-state index in [2.05, 4.69) is 46.5 Å². The number of benzene rings is 1. The zero-order chi connectivity index (χ0) is 19.9. The maximum Gasteiger partial charge on any atom is 0.320 e. The van der Waals surface area contributed by atoms with Gasteiger partial charge in [-0.2, -0.15) is 0 Å². The molecule has 2 amide bonds. The first-order valence-electron chi connectivity index (χ1n) is 8.88. The first-order chi connectivity index (χ1) is 13.6. The van der Waals surface area contributed by atoms with E-state index in [0.29, 0.717) is 18.2 Å². The van der Waals surface area contributed by atoms with Crippen molar-refractivity contribution in [1.82, 2.24) is 21.1 Å². The molecule has 11 heteroatoms. The third kappa shape index (κ3) is 5.26. The van der Waals surface area contributed by atoms with E-state index in [-0.39, 0.29) is 21.8 Å². The molecule has 9 nitrogen and oxygen atoms in total. The van der Waals surface area contributed by atoms with E-state index in [1.54, 1.807) is 0 Å². The molecule has 1 fully saturated rings. The van der Waals surface area contributed by atoms with Crippen molar-refractivity contribution in [2.75, 3.05) is 11.9 Å². The highest BCUT2D eigenvalue weighted by molar-refractivity contribution is 9.10. The fourth-order valence-corrected chi connectivity index (χ4v) is 3.39. The number of urea groups is 1. The van der Waals surface area contributed by atoms with Crippen LogP contribution in [0.4, 0.5) is 20.7 Å². The zero-order valence-electron chi connectivity index (χ0n) is 14.9. The minimum Gasteiger partial charge on any atom is -0.338 e. The van der Waals surface area contributed by atoms with Crippen LogP contribution in [0.15, 0.2) is 32.3 Å². The standard InChI is InChI=1S/C17H20BrFN6O3/c18-12-8-11(6-7-13(12)19)21-15(23-27)14-16(25-28-24-14)22-17(26)20-9-10-4-2-1-3-5-10/h6-8,10,27H,1-5,9H2,(H,21,23)(H2,20,22,25,26). The number of anilines is 1. The average molecular weight is 455 g/mol. The maximum absolute atomic E-state index is 13.4. The normalized spacial score (nSPS) is 15.3. The smallest absolute Gasteiger partial charge is 0.320 e. The van der Waals surface area contributed by atoms with E-state index in [1.165, 1.54) is 37.5 Å². The third-order valence-electron chi connectivity index (χ3n) is 4.47. The highest BCUT2D eigenvalue weighted by Gasteiger charge is 2.20. The summed E-state index contributed by atoms with van der Waals surface area (Å²) < 4.78 is 18.2. The van der Waals surface area contributed by atoms with Crippen molar-refractivity contribution in [2.24, 2.45) is 10.9 Å². The molecule has 0 unspecified atom stereocenters. The van der Waals surface area contributed by atoms with Gasteiger partial charge >= 0.3 is 6.03 Å². The lowest BCUT2D eigenvalue weighted by Gasteiger charge is -2.21. The Kier molecular flexibility index (Phi) is 6.93. The summed E-state index contributed by atoms with van der Waals surface area (Å²) in [5.74, 6) is -0.106. The third-order valence-corrected chi connectivity index (χ3v) is 5.08. The van der Waals surface area contributed by atoms with Gasteiger partial charge < -0.3 is 5.32 Å². The quantitative estimate of drug-likeness (QED) is 0.309. The first-order valence-corrected chi connectivity index (χ1v) is 9.67.